The summed E-state index contributed by atoms with van der Waals surface area (Å²) >= 11 is 0. The van der Waals surface area contributed by atoms with Crippen molar-refractivity contribution >= 4 is 11.8 Å². The molecule has 0 aliphatic heterocycles. The largest absolute Gasteiger partial charge is 0.350 e. The molecule has 0 aliphatic rings. The van der Waals surface area contributed by atoms with E-state index in [2.05, 4.69) is 10.3 Å². The summed E-state index contributed by atoms with van der Waals surface area (Å²) in [6, 6.07) is 13.5. The second kappa shape index (κ2) is 8.68. The quantitative estimate of drug-likeness (QED) is 0.849. The van der Waals surface area contributed by atoms with Gasteiger partial charge in [-0.15, -0.1) is 0 Å². The first-order valence-corrected chi connectivity index (χ1v) is 7.64. The topological polar surface area (TPSA) is 62.3 Å². The molecule has 120 valence electrons. The summed E-state index contributed by atoms with van der Waals surface area (Å²) in [4.78, 5) is 29.3. The van der Waals surface area contributed by atoms with Gasteiger partial charge in [0.25, 0.3) is 5.91 Å². The lowest BCUT2D eigenvalue weighted by atomic mass is 10.1. The minimum Gasteiger partial charge on any atom is -0.350 e. The van der Waals surface area contributed by atoms with Crippen molar-refractivity contribution in [3.63, 3.8) is 0 Å². The van der Waals surface area contributed by atoms with E-state index in [0.717, 1.165) is 6.42 Å². The van der Waals surface area contributed by atoms with Crippen LogP contribution in [0.4, 0.5) is 0 Å². The minimum atomic E-state index is -0.176. The van der Waals surface area contributed by atoms with Gasteiger partial charge in [0.2, 0.25) is 5.91 Å². The molecule has 0 saturated carbocycles. The standard InChI is InChI=1S/C18H21N3O2/c1-15(22)21(12-9-16-6-3-2-4-7-16)13-11-20-18(23)17-8-5-10-19-14-17/h2-8,10,14H,9,11-13H2,1H3,(H,20,23). The number of hydrogen-bond acceptors (Lipinski definition) is 3. The summed E-state index contributed by atoms with van der Waals surface area (Å²) in [5.41, 5.74) is 1.71. The van der Waals surface area contributed by atoms with E-state index in [1.165, 1.54) is 11.8 Å². The molecule has 2 amide bonds. The number of benzene rings is 1. The first-order valence-electron chi connectivity index (χ1n) is 7.64. The van der Waals surface area contributed by atoms with Crippen LogP contribution in [-0.4, -0.2) is 41.3 Å². The van der Waals surface area contributed by atoms with Crippen molar-refractivity contribution in [2.24, 2.45) is 0 Å². The average Bonchev–Trinajstić information content (AvgIpc) is 2.59. The maximum absolute atomic E-state index is 11.9. The van der Waals surface area contributed by atoms with Crippen molar-refractivity contribution in [2.75, 3.05) is 19.6 Å². The predicted molar refractivity (Wildman–Crippen MR) is 89.0 cm³/mol. The van der Waals surface area contributed by atoms with Gasteiger partial charge in [-0.25, -0.2) is 0 Å². The van der Waals surface area contributed by atoms with E-state index in [4.69, 9.17) is 0 Å². The van der Waals surface area contributed by atoms with Crippen molar-refractivity contribution in [3.05, 3.63) is 66.0 Å². The Morgan fingerprint density at radius 1 is 1.09 bits per heavy atom. The predicted octanol–water partition coefficient (Wildman–Crippen LogP) is 1.90. The average molecular weight is 311 g/mol. The molecule has 0 radical (unpaired) electrons. The molecule has 0 saturated heterocycles. The zero-order chi connectivity index (χ0) is 16.5. The van der Waals surface area contributed by atoms with Gasteiger partial charge in [0.05, 0.1) is 5.56 Å². The van der Waals surface area contributed by atoms with E-state index in [1.54, 1.807) is 30.2 Å². The van der Waals surface area contributed by atoms with E-state index in [1.807, 2.05) is 30.3 Å². The van der Waals surface area contributed by atoms with Crippen LogP contribution in [0.15, 0.2) is 54.9 Å². The van der Waals surface area contributed by atoms with Crippen LogP contribution in [0.5, 0.6) is 0 Å². The van der Waals surface area contributed by atoms with Gasteiger partial charge >= 0.3 is 0 Å². The number of carbonyl (C=O) groups is 2. The van der Waals surface area contributed by atoms with Gasteiger partial charge in [0.1, 0.15) is 0 Å². The first kappa shape index (κ1) is 16.7. The summed E-state index contributed by atoms with van der Waals surface area (Å²) in [7, 11) is 0. The van der Waals surface area contributed by atoms with E-state index < -0.39 is 0 Å². The highest BCUT2D eigenvalue weighted by Crippen LogP contribution is 2.02. The molecule has 0 atom stereocenters. The summed E-state index contributed by atoms with van der Waals surface area (Å²) < 4.78 is 0. The SMILES string of the molecule is CC(=O)N(CCNC(=O)c1cccnc1)CCc1ccccc1. The zero-order valence-electron chi connectivity index (χ0n) is 13.2. The van der Waals surface area contributed by atoms with Gasteiger partial charge in [0, 0.05) is 39.0 Å². The lowest BCUT2D eigenvalue weighted by Gasteiger charge is -2.21. The highest BCUT2D eigenvalue weighted by Gasteiger charge is 2.10. The van der Waals surface area contributed by atoms with Crippen molar-refractivity contribution in [3.8, 4) is 0 Å². The van der Waals surface area contributed by atoms with Crippen molar-refractivity contribution in [2.45, 2.75) is 13.3 Å². The van der Waals surface area contributed by atoms with Crippen LogP contribution in [0.3, 0.4) is 0 Å². The molecular formula is C18H21N3O2. The highest BCUT2D eigenvalue weighted by atomic mass is 16.2. The van der Waals surface area contributed by atoms with Crippen LogP contribution in [0.25, 0.3) is 0 Å². The highest BCUT2D eigenvalue weighted by molar-refractivity contribution is 5.93. The fourth-order valence-electron chi connectivity index (χ4n) is 2.24. The van der Waals surface area contributed by atoms with E-state index >= 15 is 0 Å². The summed E-state index contributed by atoms with van der Waals surface area (Å²) in [6.07, 6.45) is 3.95. The Morgan fingerprint density at radius 2 is 1.87 bits per heavy atom. The molecule has 0 fully saturated rings. The maximum Gasteiger partial charge on any atom is 0.252 e. The minimum absolute atomic E-state index is 0.0107. The third-order valence-electron chi connectivity index (χ3n) is 3.55. The molecule has 0 bridgehead atoms. The maximum atomic E-state index is 11.9. The number of carbonyl (C=O) groups excluding carboxylic acids is 2. The normalized spacial score (nSPS) is 10.1. The number of nitrogens with one attached hydrogen (secondary N) is 1. The molecule has 0 spiro atoms. The molecule has 5 nitrogen and oxygen atoms in total. The van der Waals surface area contributed by atoms with Crippen LogP contribution in [-0.2, 0) is 11.2 Å². The lowest BCUT2D eigenvalue weighted by Crippen LogP contribution is -2.38. The molecule has 23 heavy (non-hydrogen) atoms. The number of hydrogen-bond donors (Lipinski definition) is 1. The molecule has 2 rings (SSSR count). The van der Waals surface area contributed by atoms with Gasteiger partial charge in [-0.3, -0.25) is 14.6 Å². The van der Waals surface area contributed by atoms with Crippen LogP contribution in [0.1, 0.15) is 22.8 Å². The van der Waals surface area contributed by atoms with Crippen LogP contribution in [0.2, 0.25) is 0 Å². The Morgan fingerprint density at radius 3 is 2.52 bits per heavy atom. The van der Waals surface area contributed by atoms with Gasteiger partial charge in [-0.05, 0) is 24.1 Å². The Bertz CT molecular complexity index is 629. The molecule has 1 N–H and O–H groups in total. The third-order valence-corrected chi connectivity index (χ3v) is 3.55. The van der Waals surface area contributed by atoms with E-state index in [9.17, 15) is 9.59 Å². The molecule has 0 aliphatic carbocycles. The fourth-order valence-corrected chi connectivity index (χ4v) is 2.24. The van der Waals surface area contributed by atoms with Gasteiger partial charge in [-0.2, -0.15) is 0 Å². The van der Waals surface area contributed by atoms with Crippen molar-refractivity contribution < 1.29 is 9.59 Å². The lowest BCUT2D eigenvalue weighted by molar-refractivity contribution is -0.128. The Hall–Kier alpha value is -2.69. The smallest absolute Gasteiger partial charge is 0.252 e. The van der Waals surface area contributed by atoms with E-state index in [0.29, 0.717) is 25.2 Å². The first-order chi connectivity index (χ1) is 11.2. The number of pyridine rings is 1. The number of amides is 2. The van der Waals surface area contributed by atoms with Crippen molar-refractivity contribution in [1.82, 2.24) is 15.2 Å². The van der Waals surface area contributed by atoms with Crippen LogP contribution >= 0.6 is 0 Å². The summed E-state index contributed by atoms with van der Waals surface area (Å²) in [5, 5.41) is 2.81. The molecule has 0 unspecified atom stereocenters. The van der Waals surface area contributed by atoms with E-state index in [-0.39, 0.29) is 11.8 Å². The zero-order valence-corrected chi connectivity index (χ0v) is 13.2. The van der Waals surface area contributed by atoms with Crippen LogP contribution in [0, 0.1) is 0 Å². The van der Waals surface area contributed by atoms with Crippen LogP contribution < -0.4 is 5.32 Å². The van der Waals surface area contributed by atoms with Crippen molar-refractivity contribution in [1.29, 1.82) is 0 Å². The van der Waals surface area contributed by atoms with Gasteiger partial charge in [-0.1, -0.05) is 30.3 Å². The number of nitrogens with zero attached hydrogens (tertiary/aromatic N) is 2. The molecule has 5 heteroatoms. The number of rotatable bonds is 7. The Balaban J connectivity index is 1.78. The molecule has 1 aromatic heterocycles. The Labute approximate surface area is 136 Å². The molecular weight excluding hydrogens is 290 g/mol. The summed E-state index contributed by atoms with van der Waals surface area (Å²) in [5.74, 6) is -0.166. The summed E-state index contributed by atoms with van der Waals surface area (Å²) in [6.45, 7) is 3.10. The monoisotopic (exact) mass is 311 g/mol. The second-order valence-electron chi connectivity index (χ2n) is 5.24. The van der Waals surface area contributed by atoms with Gasteiger partial charge < -0.3 is 10.2 Å². The third kappa shape index (κ3) is 5.54. The second-order valence-corrected chi connectivity index (χ2v) is 5.24. The molecule has 1 aromatic carbocycles. The molecule has 1 heterocycles. The fraction of sp³-hybridized carbons (Fsp3) is 0.278. The Kier molecular flexibility index (Phi) is 6.29. The number of aromatic nitrogens is 1. The van der Waals surface area contributed by atoms with Gasteiger partial charge in [0.15, 0.2) is 0 Å². The molecule has 2 aromatic rings.